The van der Waals surface area contributed by atoms with E-state index in [1.807, 2.05) is 0 Å². The monoisotopic (exact) mass is 321 g/mol. The predicted octanol–water partition coefficient (Wildman–Crippen LogP) is 2.75. The fourth-order valence-corrected chi connectivity index (χ4v) is 2.55. The number of Topliss-reactive ketones (excluding diaryl/α,β-unsaturated/α-hetero) is 2. The Labute approximate surface area is 133 Å². The fourth-order valence-electron chi connectivity index (χ4n) is 2.29. The summed E-state index contributed by atoms with van der Waals surface area (Å²) < 4.78 is 0. The van der Waals surface area contributed by atoms with Crippen LogP contribution < -0.4 is 5.32 Å². The molecule has 0 unspecified atom stereocenters. The number of carboxylic acids is 1. The number of allylic oxidation sites excluding steroid dienone is 2. The molecule has 5 nitrogen and oxygen atoms in total. The Kier molecular flexibility index (Phi) is 5.33. The van der Waals surface area contributed by atoms with Gasteiger partial charge in [-0.3, -0.25) is 14.4 Å². The predicted molar refractivity (Wildman–Crippen MR) is 82.1 cm³/mol. The molecule has 0 saturated carbocycles. The number of benzene rings is 1. The first-order chi connectivity index (χ1) is 10.5. The van der Waals surface area contributed by atoms with Crippen molar-refractivity contribution < 1.29 is 19.5 Å². The molecular formula is C16H16ClNO4. The van der Waals surface area contributed by atoms with E-state index >= 15 is 0 Å². The number of rotatable bonds is 7. The molecule has 1 aromatic rings. The third-order valence-corrected chi connectivity index (χ3v) is 3.79. The number of carboxylic acid groups (broad SMARTS) is 1. The van der Waals surface area contributed by atoms with Gasteiger partial charge in [0.15, 0.2) is 0 Å². The van der Waals surface area contributed by atoms with Crippen LogP contribution in [0, 0.1) is 0 Å². The van der Waals surface area contributed by atoms with Crippen molar-refractivity contribution in [2.24, 2.45) is 0 Å². The molecule has 6 heteroatoms. The maximum Gasteiger partial charge on any atom is 0.303 e. The number of fused-ring (bicyclic) bond motifs is 1. The summed E-state index contributed by atoms with van der Waals surface area (Å²) in [6.07, 6.45) is 2.14. The summed E-state index contributed by atoms with van der Waals surface area (Å²) in [5.41, 5.74) is 0.804. The number of ketones is 2. The number of aliphatic carboxylic acids is 1. The third kappa shape index (κ3) is 3.54. The van der Waals surface area contributed by atoms with E-state index in [0.29, 0.717) is 30.5 Å². The molecule has 0 bridgehead atoms. The minimum absolute atomic E-state index is 0.0887. The molecule has 1 aliphatic rings. The van der Waals surface area contributed by atoms with E-state index in [9.17, 15) is 14.4 Å². The van der Waals surface area contributed by atoms with Crippen LogP contribution in [0.3, 0.4) is 0 Å². The van der Waals surface area contributed by atoms with Gasteiger partial charge in [0.05, 0.1) is 0 Å². The van der Waals surface area contributed by atoms with Crippen LogP contribution in [0.25, 0.3) is 0 Å². The second kappa shape index (κ2) is 7.22. The summed E-state index contributed by atoms with van der Waals surface area (Å²) in [6, 6.07) is 6.58. The molecule has 116 valence electrons. The zero-order chi connectivity index (χ0) is 16.1. The molecule has 0 saturated heterocycles. The van der Waals surface area contributed by atoms with Gasteiger partial charge < -0.3 is 10.4 Å². The Balaban J connectivity index is 1.96. The molecule has 2 rings (SSSR count). The van der Waals surface area contributed by atoms with E-state index in [1.54, 1.807) is 24.3 Å². The molecule has 0 amide bonds. The average Bonchev–Trinajstić information content (AvgIpc) is 2.51. The molecule has 1 aromatic carbocycles. The van der Waals surface area contributed by atoms with Gasteiger partial charge in [0.2, 0.25) is 11.6 Å². The zero-order valence-electron chi connectivity index (χ0n) is 11.9. The molecule has 0 aromatic heterocycles. The lowest BCUT2D eigenvalue weighted by Crippen LogP contribution is -2.29. The van der Waals surface area contributed by atoms with Crippen LogP contribution in [-0.2, 0) is 4.79 Å². The van der Waals surface area contributed by atoms with E-state index in [4.69, 9.17) is 16.7 Å². The van der Waals surface area contributed by atoms with Gasteiger partial charge in [-0.1, -0.05) is 42.3 Å². The van der Waals surface area contributed by atoms with Crippen molar-refractivity contribution in [2.45, 2.75) is 25.7 Å². The molecule has 0 radical (unpaired) electrons. The van der Waals surface area contributed by atoms with Crippen molar-refractivity contribution in [3.8, 4) is 0 Å². The van der Waals surface area contributed by atoms with E-state index in [1.165, 1.54) is 0 Å². The molecule has 0 fully saturated rings. The van der Waals surface area contributed by atoms with Crippen molar-refractivity contribution in [2.75, 3.05) is 6.54 Å². The number of unbranched alkanes of at least 4 members (excludes halogenated alkanes) is 2. The first kappa shape index (κ1) is 16.2. The summed E-state index contributed by atoms with van der Waals surface area (Å²) >= 11 is 6.01. The highest BCUT2D eigenvalue weighted by molar-refractivity contribution is 6.49. The molecule has 2 N–H and O–H groups in total. The lowest BCUT2D eigenvalue weighted by molar-refractivity contribution is -0.137. The molecule has 0 aliphatic heterocycles. The number of carbonyl (C=O) groups excluding carboxylic acids is 2. The Bertz CT molecular complexity index is 651. The summed E-state index contributed by atoms with van der Waals surface area (Å²) in [5.74, 6) is -1.46. The average molecular weight is 322 g/mol. The van der Waals surface area contributed by atoms with Crippen LogP contribution in [-0.4, -0.2) is 29.2 Å². The number of hydrogen-bond donors (Lipinski definition) is 2. The number of carbonyl (C=O) groups is 3. The highest BCUT2D eigenvalue weighted by Crippen LogP contribution is 2.27. The maximum atomic E-state index is 12.3. The Morgan fingerprint density at radius 3 is 2.32 bits per heavy atom. The summed E-state index contributed by atoms with van der Waals surface area (Å²) in [6.45, 7) is 0.465. The van der Waals surface area contributed by atoms with Gasteiger partial charge in [-0.05, 0) is 12.8 Å². The van der Waals surface area contributed by atoms with Gasteiger partial charge in [-0.15, -0.1) is 0 Å². The first-order valence-electron chi connectivity index (χ1n) is 7.06. The Hall–Kier alpha value is -2.14. The van der Waals surface area contributed by atoms with Crippen molar-refractivity contribution in [1.82, 2.24) is 5.32 Å². The summed E-state index contributed by atoms with van der Waals surface area (Å²) in [5, 5.41) is 11.4. The maximum absolute atomic E-state index is 12.3. The van der Waals surface area contributed by atoms with E-state index in [-0.39, 0.29) is 28.7 Å². The molecule has 0 heterocycles. The smallest absolute Gasteiger partial charge is 0.303 e. The van der Waals surface area contributed by atoms with Crippen molar-refractivity contribution >= 4 is 29.1 Å². The molecular weight excluding hydrogens is 306 g/mol. The minimum Gasteiger partial charge on any atom is -0.481 e. The van der Waals surface area contributed by atoms with Crippen LogP contribution in [0.5, 0.6) is 0 Å². The highest BCUT2D eigenvalue weighted by atomic mass is 35.5. The second-order valence-electron chi connectivity index (χ2n) is 5.02. The topological polar surface area (TPSA) is 83.5 Å². The van der Waals surface area contributed by atoms with Crippen LogP contribution >= 0.6 is 11.6 Å². The third-order valence-electron chi connectivity index (χ3n) is 3.43. The first-order valence-corrected chi connectivity index (χ1v) is 7.44. The van der Waals surface area contributed by atoms with Crippen molar-refractivity contribution in [1.29, 1.82) is 0 Å². The van der Waals surface area contributed by atoms with Gasteiger partial charge in [0.1, 0.15) is 10.7 Å². The van der Waals surface area contributed by atoms with Crippen LogP contribution in [0.15, 0.2) is 35.0 Å². The van der Waals surface area contributed by atoms with Crippen molar-refractivity contribution in [3.05, 3.63) is 46.1 Å². The Morgan fingerprint density at radius 1 is 1.05 bits per heavy atom. The quantitative estimate of drug-likeness (QED) is 0.754. The normalized spacial score (nSPS) is 14.0. The zero-order valence-corrected chi connectivity index (χ0v) is 12.7. The van der Waals surface area contributed by atoms with Crippen LogP contribution in [0.4, 0.5) is 0 Å². The van der Waals surface area contributed by atoms with Gasteiger partial charge >= 0.3 is 5.97 Å². The second-order valence-corrected chi connectivity index (χ2v) is 5.40. The van der Waals surface area contributed by atoms with Gasteiger partial charge in [-0.2, -0.15) is 0 Å². The molecule has 22 heavy (non-hydrogen) atoms. The molecule has 1 aliphatic carbocycles. The van der Waals surface area contributed by atoms with Crippen LogP contribution in [0.1, 0.15) is 46.4 Å². The van der Waals surface area contributed by atoms with Crippen molar-refractivity contribution in [3.63, 3.8) is 0 Å². The van der Waals surface area contributed by atoms with Gasteiger partial charge in [0, 0.05) is 24.1 Å². The standard InChI is InChI=1S/C16H16ClNO4/c17-13-14(18-9-5-1-2-8-12(19)20)16(22)11-7-4-3-6-10(11)15(13)21/h3-4,6-7,18H,1-2,5,8-9H2,(H,19,20). The van der Waals surface area contributed by atoms with E-state index in [0.717, 1.165) is 6.42 Å². The number of halogens is 1. The van der Waals surface area contributed by atoms with Gasteiger partial charge in [0.25, 0.3) is 0 Å². The Morgan fingerprint density at radius 2 is 1.68 bits per heavy atom. The SMILES string of the molecule is O=C(O)CCCCCNC1=C(Cl)C(=O)c2ccccc2C1=O. The minimum atomic E-state index is -0.816. The van der Waals surface area contributed by atoms with Crippen LogP contribution in [0.2, 0.25) is 0 Å². The number of hydrogen-bond acceptors (Lipinski definition) is 4. The van der Waals surface area contributed by atoms with Gasteiger partial charge in [-0.25, -0.2) is 0 Å². The highest BCUT2D eigenvalue weighted by Gasteiger charge is 2.30. The van der Waals surface area contributed by atoms with E-state index in [2.05, 4.69) is 5.32 Å². The molecule has 0 spiro atoms. The summed E-state index contributed by atoms with van der Waals surface area (Å²) in [4.78, 5) is 34.9. The lowest BCUT2D eigenvalue weighted by atomic mass is 9.92. The lowest BCUT2D eigenvalue weighted by Gasteiger charge is -2.18. The largest absolute Gasteiger partial charge is 0.481 e. The van der Waals surface area contributed by atoms with E-state index < -0.39 is 5.97 Å². The summed E-state index contributed by atoms with van der Waals surface area (Å²) in [7, 11) is 0. The fraction of sp³-hybridized carbons (Fsp3) is 0.312. The molecule has 0 atom stereocenters. The number of nitrogens with one attached hydrogen (secondary N) is 1.